The lowest BCUT2D eigenvalue weighted by atomic mass is 9.91. The standard InChI is InChI=1S/C13H24N2O4/c1-12(2,3)9-14-11(18)15-7-5-13(19-4,6-8-15)10(16)17/h5-9H2,1-4H3,(H,14,18)(H,16,17). The van der Waals surface area contributed by atoms with Gasteiger partial charge < -0.3 is 20.1 Å². The van der Waals surface area contributed by atoms with E-state index in [4.69, 9.17) is 4.74 Å². The van der Waals surface area contributed by atoms with Gasteiger partial charge in [0.1, 0.15) is 0 Å². The van der Waals surface area contributed by atoms with Gasteiger partial charge in [0.2, 0.25) is 0 Å². The Morgan fingerprint density at radius 2 is 1.84 bits per heavy atom. The lowest BCUT2D eigenvalue weighted by Crippen LogP contribution is -2.54. The Labute approximate surface area is 114 Å². The fourth-order valence-electron chi connectivity index (χ4n) is 2.03. The van der Waals surface area contributed by atoms with Crippen LogP contribution >= 0.6 is 0 Å². The van der Waals surface area contributed by atoms with Gasteiger partial charge in [-0.05, 0) is 5.41 Å². The van der Waals surface area contributed by atoms with Gasteiger partial charge >= 0.3 is 12.0 Å². The van der Waals surface area contributed by atoms with Crippen molar-refractivity contribution in [1.29, 1.82) is 0 Å². The lowest BCUT2D eigenvalue weighted by molar-refractivity contribution is -0.167. The Kier molecular flexibility index (Phi) is 4.79. The van der Waals surface area contributed by atoms with Crippen LogP contribution in [0.1, 0.15) is 33.6 Å². The second-order valence-electron chi connectivity index (χ2n) is 6.21. The van der Waals surface area contributed by atoms with Crippen LogP contribution in [0.25, 0.3) is 0 Å². The van der Waals surface area contributed by atoms with Crippen LogP contribution in [-0.4, -0.2) is 54.4 Å². The number of nitrogens with one attached hydrogen (secondary N) is 1. The smallest absolute Gasteiger partial charge is 0.336 e. The van der Waals surface area contributed by atoms with Crippen molar-refractivity contribution in [2.45, 2.75) is 39.2 Å². The number of aliphatic carboxylic acids is 1. The molecule has 0 saturated carbocycles. The van der Waals surface area contributed by atoms with E-state index < -0.39 is 11.6 Å². The van der Waals surface area contributed by atoms with Gasteiger partial charge in [-0.2, -0.15) is 0 Å². The van der Waals surface area contributed by atoms with Crippen LogP contribution in [-0.2, 0) is 9.53 Å². The van der Waals surface area contributed by atoms with Gasteiger partial charge in [0.05, 0.1) is 0 Å². The highest BCUT2D eigenvalue weighted by molar-refractivity contribution is 5.79. The highest BCUT2D eigenvalue weighted by Crippen LogP contribution is 2.26. The van der Waals surface area contributed by atoms with Crippen molar-refractivity contribution in [2.75, 3.05) is 26.7 Å². The van der Waals surface area contributed by atoms with Gasteiger partial charge in [0, 0.05) is 39.6 Å². The molecule has 1 fully saturated rings. The SMILES string of the molecule is COC1(C(=O)O)CCN(C(=O)NCC(C)(C)C)CC1. The van der Waals surface area contributed by atoms with Crippen LogP contribution in [0.15, 0.2) is 0 Å². The second-order valence-corrected chi connectivity index (χ2v) is 6.21. The molecular weight excluding hydrogens is 248 g/mol. The molecule has 1 aliphatic rings. The molecule has 110 valence electrons. The van der Waals surface area contributed by atoms with E-state index in [1.807, 2.05) is 20.8 Å². The number of nitrogens with zero attached hydrogens (tertiary/aromatic N) is 1. The van der Waals surface area contributed by atoms with Crippen molar-refractivity contribution in [3.63, 3.8) is 0 Å². The molecule has 0 unspecified atom stereocenters. The number of rotatable bonds is 3. The highest BCUT2D eigenvalue weighted by atomic mass is 16.5. The Morgan fingerprint density at radius 3 is 2.21 bits per heavy atom. The molecule has 0 radical (unpaired) electrons. The zero-order valence-electron chi connectivity index (χ0n) is 12.2. The topological polar surface area (TPSA) is 78.9 Å². The Balaban J connectivity index is 2.49. The summed E-state index contributed by atoms with van der Waals surface area (Å²) in [6, 6.07) is -0.134. The first-order valence-electron chi connectivity index (χ1n) is 6.51. The van der Waals surface area contributed by atoms with Crippen molar-refractivity contribution in [3.05, 3.63) is 0 Å². The molecule has 0 spiro atoms. The summed E-state index contributed by atoms with van der Waals surface area (Å²) in [6.45, 7) is 7.53. The van der Waals surface area contributed by atoms with Gasteiger partial charge in [-0.25, -0.2) is 9.59 Å². The van der Waals surface area contributed by atoms with Crippen LogP contribution in [0.2, 0.25) is 0 Å². The molecule has 1 rings (SSSR count). The van der Waals surface area contributed by atoms with E-state index in [2.05, 4.69) is 5.32 Å². The van der Waals surface area contributed by atoms with E-state index >= 15 is 0 Å². The number of carboxylic acid groups (broad SMARTS) is 1. The number of hydrogen-bond donors (Lipinski definition) is 2. The number of amides is 2. The Hall–Kier alpha value is -1.30. The minimum absolute atomic E-state index is 0.0306. The summed E-state index contributed by atoms with van der Waals surface area (Å²) >= 11 is 0. The maximum absolute atomic E-state index is 11.9. The van der Waals surface area contributed by atoms with Crippen LogP contribution in [0.5, 0.6) is 0 Å². The minimum atomic E-state index is -1.14. The molecule has 0 aromatic rings. The summed E-state index contributed by atoms with van der Waals surface area (Å²) in [4.78, 5) is 24.8. The van der Waals surface area contributed by atoms with Crippen molar-refractivity contribution in [2.24, 2.45) is 5.41 Å². The third-order valence-corrected chi connectivity index (χ3v) is 3.41. The van der Waals surface area contributed by atoms with E-state index in [-0.39, 0.29) is 11.4 Å². The van der Waals surface area contributed by atoms with E-state index in [9.17, 15) is 14.7 Å². The van der Waals surface area contributed by atoms with E-state index in [0.29, 0.717) is 32.5 Å². The Bertz CT molecular complexity index is 341. The zero-order chi connectivity index (χ0) is 14.7. The molecule has 0 bridgehead atoms. The zero-order valence-corrected chi connectivity index (χ0v) is 12.2. The number of urea groups is 1. The monoisotopic (exact) mass is 272 g/mol. The van der Waals surface area contributed by atoms with Crippen molar-refractivity contribution in [1.82, 2.24) is 10.2 Å². The molecule has 1 aliphatic heterocycles. The van der Waals surface area contributed by atoms with Gasteiger partial charge in [-0.1, -0.05) is 20.8 Å². The molecule has 19 heavy (non-hydrogen) atoms. The van der Waals surface area contributed by atoms with Crippen molar-refractivity contribution >= 4 is 12.0 Å². The van der Waals surface area contributed by atoms with E-state index in [1.165, 1.54) is 7.11 Å². The molecule has 2 N–H and O–H groups in total. The molecule has 6 nitrogen and oxygen atoms in total. The lowest BCUT2D eigenvalue weighted by Gasteiger charge is -2.38. The maximum Gasteiger partial charge on any atom is 0.336 e. The van der Waals surface area contributed by atoms with Crippen molar-refractivity contribution in [3.8, 4) is 0 Å². The van der Waals surface area contributed by atoms with Crippen molar-refractivity contribution < 1.29 is 19.4 Å². The molecule has 1 heterocycles. The number of carbonyl (C=O) groups excluding carboxylic acids is 1. The van der Waals surface area contributed by atoms with Crippen LogP contribution in [0.3, 0.4) is 0 Å². The number of ether oxygens (including phenoxy) is 1. The van der Waals surface area contributed by atoms with Crippen LogP contribution in [0, 0.1) is 5.41 Å². The summed E-state index contributed by atoms with van der Waals surface area (Å²) in [5.74, 6) is -0.954. The normalized spacial score (nSPS) is 19.1. The first kappa shape index (κ1) is 15.8. The average Bonchev–Trinajstić information content (AvgIpc) is 2.35. The maximum atomic E-state index is 11.9. The molecule has 1 saturated heterocycles. The predicted octanol–water partition coefficient (Wildman–Crippen LogP) is 1.31. The second kappa shape index (κ2) is 5.77. The van der Waals surface area contributed by atoms with Crippen LogP contribution in [0.4, 0.5) is 4.79 Å². The average molecular weight is 272 g/mol. The van der Waals surface area contributed by atoms with E-state index in [1.54, 1.807) is 4.90 Å². The molecule has 6 heteroatoms. The fourth-order valence-corrected chi connectivity index (χ4v) is 2.03. The summed E-state index contributed by atoms with van der Waals surface area (Å²) in [5.41, 5.74) is -1.11. The van der Waals surface area contributed by atoms with Gasteiger partial charge in [0.15, 0.2) is 5.60 Å². The van der Waals surface area contributed by atoms with Gasteiger partial charge in [-0.3, -0.25) is 0 Å². The highest BCUT2D eigenvalue weighted by Gasteiger charge is 2.42. The largest absolute Gasteiger partial charge is 0.479 e. The van der Waals surface area contributed by atoms with Crippen LogP contribution < -0.4 is 5.32 Å². The predicted molar refractivity (Wildman–Crippen MR) is 71.0 cm³/mol. The summed E-state index contributed by atoms with van der Waals surface area (Å²) in [6.07, 6.45) is 0.642. The number of methoxy groups -OCH3 is 1. The third-order valence-electron chi connectivity index (χ3n) is 3.41. The number of carbonyl (C=O) groups is 2. The number of carboxylic acids is 1. The summed E-state index contributed by atoms with van der Waals surface area (Å²) < 4.78 is 5.12. The fraction of sp³-hybridized carbons (Fsp3) is 0.846. The first-order chi connectivity index (χ1) is 8.70. The van der Waals surface area contributed by atoms with E-state index in [0.717, 1.165) is 0 Å². The molecule has 0 aliphatic carbocycles. The summed E-state index contributed by atoms with van der Waals surface area (Å²) in [7, 11) is 1.41. The third kappa shape index (κ3) is 4.09. The van der Waals surface area contributed by atoms with Gasteiger partial charge in [-0.15, -0.1) is 0 Å². The quantitative estimate of drug-likeness (QED) is 0.812. The number of piperidine rings is 1. The molecule has 0 aromatic carbocycles. The van der Waals surface area contributed by atoms with Gasteiger partial charge in [0.25, 0.3) is 0 Å². The Morgan fingerprint density at radius 1 is 1.32 bits per heavy atom. The molecule has 0 aromatic heterocycles. The molecular formula is C13H24N2O4. The minimum Gasteiger partial charge on any atom is -0.479 e. The molecule has 0 atom stereocenters. The molecule has 2 amide bonds. The number of hydrogen-bond acceptors (Lipinski definition) is 3. The summed E-state index contributed by atoms with van der Waals surface area (Å²) in [5, 5.41) is 12.0. The first-order valence-corrected chi connectivity index (χ1v) is 6.51. The number of likely N-dealkylation sites (tertiary alicyclic amines) is 1.